The highest BCUT2D eigenvalue weighted by Gasteiger charge is 2.08. The molecule has 0 spiro atoms. The number of ether oxygens (including phenoxy) is 1. The number of nitro groups is 1. The van der Waals surface area contributed by atoms with Gasteiger partial charge in [-0.05, 0) is 24.6 Å². The summed E-state index contributed by atoms with van der Waals surface area (Å²) >= 11 is 5.98. The number of benzene rings is 2. The number of nitro benzene ring substituents is 1. The fraction of sp³-hybridized carbons (Fsp3) is 0.200. The Morgan fingerprint density at radius 3 is 2.62 bits per heavy atom. The van der Waals surface area contributed by atoms with Crippen molar-refractivity contribution in [3.63, 3.8) is 0 Å². The van der Waals surface area contributed by atoms with Crippen LogP contribution in [0.3, 0.4) is 0 Å². The molecule has 0 fully saturated rings. The number of nitrogens with zero attached hydrogens (tertiary/aromatic N) is 1. The van der Waals surface area contributed by atoms with E-state index in [9.17, 15) is 10.1 Å². The van der Waals surface area contributed by atoms with Crippen LogP contribution in [0.2, 0.25) is 5.02 Å². The molecular formula is C15H15ClN2O3. The third kappa shape index (κ3) is 4.65. The molecule has 0 aliphatic heterocycles. The van der Waals surface area contributed by atoms with Crippen LogP contribution in [0.25, 0.3) is 0 Å². The van der Waals surface area contributed by atoms with Gasteiger partial charge in [-0.15, -0.1) is 0 Å². The molecular weight excluding hydrogens is 292 g/mol. The Morgan fingerprint density at radius 2 is 1.95 bits per heavy atom. The van der Waals surface area contributed by atoms with Crippen LogP contribution >= 0.6 is 11.6 Å². The number of rotatable bonds is 7. The van der Waals surface area contributed by atoms with Gasteiger partial charge in [-0.1, -0.05) is 29.8 Å². The van der Waals surface area contributed by atoms with Gasteiger partial charge in [0.25, 0.3) is 5.69 Å². The van der Waals surface area contributed by atoms with Crippen molar-refractivity contribution in [2.24, 2.45) is 0 Å². The minimum absolute atomic E-state index is 0.0158. The lowest BCUT2D eigenvalue weighted by molar-refractivity contribution is -0.384. The maximum atomic E-state index is 10.6. The second-order valence-electron chi connectivity index (χ2n) is 4.36. The lowest BCUT2D eigenvalue weighted by Crippen LogP contribution is -2.07. The predicted molar refractivity (Wildman–Crippen MR) is 83.2 cm³/mol. The molecule has 0 heterocycles. The van der Waals surface area contributed by atoms with Gasteiger partial charge in [-0.3, -0.25) is 10.1 Å². The van der Waals surface area contributed by atoms with Crippen LogP contribution in [0.15, 0.2) is 48.5 Å². The summed E-state index contributed by atoms with van der Waals surface area (Å²) in [4.78, 5) is 10.1. The van der Waals surface area contributed by atoms with E-state index < -0.39 is 4.92 Å². The first-order chi connectivity index (χ1) is 10.2. The van der Waals surface area contributed by atoms with Gasteiger partial charge >= 0.3 is 0 Å². The minimum atomic E-state index is -0.469. The van der Waals surface area contributed by atoms with Gasteiger partial charge in [-0.25, -0.2) is 0 Å². The summed E-state index contributed by atoms with van der Waals surface area (Å²) in [6.07, 6.45) is 0.794. The number of nitrogens with one attached hydrogen (secondary N) is 1. The van der Waals surface area contributed by atoms with E-state index in [0.29, 0.717) is 23.9 Å². The summed E-state index contributed by atoms with van der Waals surface area (Å²) in [5.74, 6) is 0.839. The molecule has 0 saturated carbocycles. The molecule has 0 unspecified atom stereocenters. The lowest BCUT2D eigenvalue weighted by atomic mass is 10.2. The molecule has 2 aromatic rings. The van der Waals surface area contributed by atoms with Gasteiger partial charge < -0.3 is 10.1 Å². The fourth-order valence-corrected chi connectivity index (χ4v) is 2.00. The average Bonchev–Trinajstić information content (AvgIpc) is 2.49. The molecule has 0 aliphatic carbocycles. The molecule has 0 atom stereocenters. The van der Waals surface area contributed by atoms with Crippen molar-refractivity contribution < 1.29 is 9.66 Å². The molecule has 5 nitrogen and oxygen atoms in total. The third-order valence-electron chi connectivity index (χ3n) is 2.81. The van der Waals surface area contributed by atoms with Crippen molar-refractivity contribution in [2.75, 3.05) is 18.5 Å². The highest BCUT2D eigenvalue weighted by Crippen LogP contribution is 2.26. The van der Waals surface area contributed by atoms with Crippen LogP contribution in [-0.4, -0.2) is 18.1 Å². The van der Waals surface area contributed by atoms with Gasteiger partial charge in [-0.2, -0.15) is 0 Å². The van der Waals surface area contributed by atoms with E-state index >= 15 is 0 Å². The van der Waals surface area contributed by atoms with E-state index in [4.69, 9.17) is 16.3 Å². The van der Waals surface area contributed by atoms with Crippen LogP contribution in [0.1, 0.15) is 6.42 Å². The normalized spacial score (nSPS) is 10.1. The molecule has 0 bridgehead atoms. The van der Waals surface area contributed by atoms with Crippen LogP contribution in [-0.2, 0) is 0 Å². The van der Waals surface area contributed by atoms with E-state index in [1.807, 2.05) is 30.3 Å². The molecule has 6 heteroatoms. The Morgan fingerprint density at radius 1 is 1.19 bits per heavy atom. The molecule has 0 radical (unpaired) electrons. The number of hydrogen-bond donors (Lipinski definition) is 1. The van der Waals surface area contributed by atoms with Crippen molar-refractivity contribution in [2.45, 2.75) is 6.42 Å². The number of para-hydroxylation sites is 1. The number of anilines is 1. The van der Waals surface area contributed by atoms with Gasteiger partial charge in [0.2, 0.25) is 0 Å². The van der Waals surface area contributed by atoms with Gasteiger partial charge in [0.05, 0.1) is 22.2 Å². The molecule has 0 aromatic heterocycles. The third-order valence-corrected chi connectivity index (χ3v) is 3.12. The maximum absolute atomic E-state index is 10.6. The largest absolute Gasteiger partial charge is 0.494 e. The van der Waals surface area contributed by atoms with E-state index in [0.717, 1.165) is 12.2 Å². The molecule has 1 N–H and O–H groups in total. The smallest absolute Gasteiger partial charge is 0.271 e. The van der Waals surface area contributed by atoms with E-state index in [2.05, 4.69) is 5.32 Å². The van der Waals surface area contributed by atoms with Crippen LogP contribution in [0.4, 0.5) is 11.4 Å². The monoisotopic (exact) mass is 306 g/mol. The second-order valence-corrected chi connectivity index (χ2v) is 4.77. The number of hydrogen-bond acceptors (Lipinski definition) is 4. The Bertz CT molecular complexity index is 605. The molecule has 2 aromatic carbocycles. The highest BCUT2D eigenvalue weighted by atomic mass is 35.5. The summed E-state index contributed by atoms with van der Waals surface area (Å²) in [6.45, 7) is 1.26. The maximum Gasteiger partial charge on any atom is 0.271 e. The predicted octanol–water partition coefficient (Wildman–Crippen LogP) is 4.13. The summed E-state index contributed by atoms with van der Waals surface area (Å²) in [7, 11) is 0. The van der Waals surface area contributed by atoms with Crippen LogP contribution in [0.5, 0.6) is 5.75 Å². The summed E-state index contributed by atoms with van der Waals surface area (Å²) in [5, 5.41) is 14.1. The summed E-state index contributed by atoms with van der Waals surface area (Å²) in [5.41, 5.74) is 0.667. The van der Waals surface area contributed by atoms with Crippen LogP contribution < -0.4 is 10.1 Å². The Hall–Kier alpha value is -2.27. The van der Waals surface area contributed by atoms with Crippen molar-refractivity contribution in [1.82, 2.24) is 0 Å². The zero-order valence-corrected chi connectivity index (χ0v) is 12.0. The number of halogens is 1. The first-order valence-corrected chi connectivity index (χ1v) is 6.90. The zero-order valence-electron chi connectivity index (χ0n) is 11.3. The van der Waals surface area contributed by atoms with E-state index in [1.165, 1.54) is 12.1 Å². The molecule has 0 amide bonds. The average molecular weight is 307 g/mol. The van der Waals surface area contributed by atoms with Crippen molar-refractivity contribution in [1.29, 1.82) is 0 Å². The van der Waals surface area contributed by atoms with Crippen LogP contribution in [0, 0.1) is 10.1 Å². The highest BCUT2D eigenvalue weighted by molar-refractivity contribution is 6.33. The summed E-state index contributed by atoms with van der Waals surface area (Å²) in [6, 6.07) is 14.0. The topological polar surface area (TPSA) is 64.4 Å². The van der Waals surface area contributed by atoms with Crippen molar-refractivity contribution in [3.8, 4) is 5.75 Å². The first kappa shape index (κ1) is 15.1. The molecule has 0 saturated heterocycles. The minimum Gasteiger partial charge on any atom is -0.494 e. The second kappa shape index (κ2) is 7.50. The quantitative estimate of drug-likeness (QED) is 0.474. The van der Waals surface area contributed by atoms with E-state index in [1.54, 1.807) is 6.07 Å². The number of non-ortho nitro benzene ring substituents is 1. The van der Waals surface area contributed by atoms with Gasteiger partial charge in [0, 0.05) is 18.7 Å². The summed E-state index contributed by atoms with van der Waals surface area (Å²) < 4.78 is 5.56. The fourth-order valence-electron chi connectivity index (χ4n) is 1.76. The molecule has 0 aliphatic rings. The lowest BCUT2D eigenvalue weighted by Gasteiger charge is -2.09. The first-order valence-electron chi connectivity index (χ1n) is 6.52. The van der Waals surface area contributed by atoms with Gasteiger partial charge in [0.15, 0.2) is 0 Å². The molecule has 21 heavy (non-hydrogen) atoms. The standard InChI is InChI=1S/C15H15ClN2O3/c16-14-11-12(18(19)20)7-8-15(14)17-9-4-10-21-13-5-2-1-3-6-13/h1-3,5-8,11,17H,4,9-10H2. The molecule has 110 valence electrons. The SMILES string of the molecule is O=[N+]([O-])c1ccc(NCCCOc2ccccc2)c(Cl)c1. The zero-order chi connectivity index (χ0) is 15.1. The van der Waals surface area contributed by atoms with Crippen molar-refractivity contribution >= 4 is 23.0 Å². The Balaban J connectivity index is 1.75. The van der Waals surface area contributed by atoms with Gasteiger partial charge in [0.1, 0.15) is 5.75 Å². The molecule has 2 rings (SSSR count). The van der Waals surface area contributed by atoms with E-state index in [-0.39, 0.29) is 5.69 Å². The Labute approximate surface area is 127 Å². The van der Waals surface area contributed by atoms with Crippen molar-refractivity contribution in [3.05, 3.63) is 63.7 Å². The Kier molecular flexibility index (Phi) is 5.40.